The average molecular weight is 468 g/mol. The summed E-state index contributed by atoms with van der Waals surface area (Å²) in [4.78, 5) is 29.5. The number of hydrogen-bond donors (Lipinski definition) is 1. The first-order chi connectivity index (χ1) is 16.5. The van der Waals surface area contributed by atoms with Crippen LogP contribution in [-0.4, -0.2) is 31.7 Å². The van der Waals surface area contributed by atoms with Crippen molar-refractivity contribution in [3.05, 3.63) is 102 Å². The first-order valence-corrected chi connectivity index (χ1v) is 12.2. The van der Waals surface area contributed by atoms with Crippen LogP contribution in [0.25, 0.3) is 10.8 Å². The number of fused-ring (bicyclic) bond motifs is 1. The molecule has 0 aromatic heterocycles. The molecule has 2 amide bonds. The van der Waals surface area contributed by atoms with E-state index < -0.39 is 0 Å². The number of thioether (sulfide) groups is 1. The summed E-state index contributed by atoms with van der Waals surface area (Å²) in [5.74, 6) is 0.401. The van der Waals surface area contributed by atoms with Gasteiger partial charge in [-0.05, 0) is 58.8 Å². The highest BCUT2D eigenvalue weighted by atomic mass is 32.2. The van der Waals surface area contributed by atoms with Gasteiger partial charge in [0.05, 0.1) is 5.75 Å². The Kier molecular flexibility index (Phi) is 5.99. The highest BCUT2D eigenvalue weighted by Gasteiger charge is 2.34. The van der Waals surface area contributed by atoms with Gasteiger partial charge in [-0.25, -0.2) is 0 Å². The highest BCUT2D eigenvalue weighted by Crippen LogP contribution is 2.42. The topological polar surface area (TPSA) is 52.6 Å². The van der Waals surface area contributed by atoms with Crippen LogP contribution in [0.2, 0.25) is 0 Å². The quantitative estimate of drug-likeness (QED) is 0.395. The van der Waals surface area contributed by atoms with Crippen molar-refractivity contribution < 1.29 is 9.59 Å². The molecule has 1 atom stereocenters. The minimum absolute atomic E-state index is 0.0967. The smallest absolute Gasteiger partial charge is 0.256 e. The zero-order valence-corrected chi connectivity index (χ0v) is 19.9. The van der Waals surface area contributed by atoms with Gasteiger partial charge in [-0.15, -0.1) is 11.8 Å². The van der Waals surface area contributed by atoms with E-state index in [0.717, 1.165) is 33.4 Å². The molecule has 5 rings (SSSR count). The second kappa shape index (κ2) is 9.23. The van der Waals surface area contributed by atoms with Gasteiger partial charge >= 0.3 is 0 Å². The van der Waals surface area contributed by atoms with Gasteiger partial charge in [0.25, 0.3) is 5.91 Å². The first-order valence-electron chi connectivity index (χ1n) is 11.1. The molecule has 1 aliphatic rings. The number of carbonyl (C=O) groups excluding carboxylic acids is 2. The van der Waals surface area contributed by atoms with Crippen molar-refractivity contribution in [3.8, 4) is 0 Å². The number of amides is 2. The molecule has 5 nitrogen and oxygen atoms in total. The van der Waals surface area contributed by atoms with E-state index in [1.807, 2.05) is 115 Å². The molecule has 0 spiro atoms. The lowest BCUT2D eigenvalue weighted by atomic mass is 10.0. The summed E-state index contributed by atoms with van der Waals surface area (Å²) < 4.78 is 0. The Balaban J connectivity index is 1.35. The molecular formula is C28H25N3O2S. The molecule has 0 radical (unpaired) electrons. The van der Waals surface area contributed by atoms with Gasteiger partial charge in [0.1, 0.15) is 5.37 Å². The zero-order valence-electron chi connectivity index (χ0n) is 19.1. The van der Waals surface area contributed by atoms with E-state index in [4.69, 9.17) is 0 Å². The third-order valence-corrected chi connectivity index (χ3v) is 7.21. The Morgan fingerprint density at radius 3 is 2.35 bits per heavy atom. The summed E-state index contributed by atoms with van der Waals surface area (Å²) in [5.41, 5.74) is 4.37. The predicted molar refractivity (Wildman–Crippen MR) is 142 cm³/mol. The number of anilines is 3. The van der Waals surface area contributed by atoms with E-state index in [9.17, 15) is 9.59 Å². The van der Waals surface area contributed by atoms with Crippen molar-refractivity contribution in [2.45, 2.75) is 5.37 Å². The standard InChI is InChI=1S/C28H25N3O2S/c1-30(2)22-14-16-23(17-15-22)31-26(32)18-34-28(31)20-10-12-21(13-11-20)29-27(33)25-9-5-7-19-6-3-4-8-24(19)25/h3-17,28H,18H2,1-2H3,(H,29,33)/t28-/m1/s1. The molecular weight excluding hydrogens is 442 g/mol. The van der Waals surface area contributed by atoms with Crippen LogP contribution in [0.15, 0.2) is 91.0 Å². The minimum atomic E-state index is -0.141. The van der Waals surface area contributed by atoms with Crippen LogP contribution in [0.1, 0.15) is 21.3 Å². The number of hydrogen-bond acceptors (Lipinski definition) is 4. The number of carbonyl (C=O) groups is 2. The maximum Gasteiger partial charge on any atom is 0.256 e. The SMILES string of the molecule is CN(C)c1ccc(N2C(=O)CS[C@@H]2c2ccc(NC(=O)c3cccc4ccccc34)cc2)cc1. The molecule has 1 aliphatic heterocycles. The number of nitrogens with one attached hydrogen (secondary N) is 1. The maximum absolute atomic E-state index is 13.0. The number of nitrogens with zero attached hydrogens (tertiary/aromatic N) is 2. The fourth-order valence-electron chi connectivity index (χ4n) is 4.21. The molecule has 6 heteroatoms. The number of rotatable bonds is 5. The van der Waals surface area contributed by atoms with Crippen molar-refractivity contribution in [3.63, 3.8) is 0 Å². The van der Waals surface area contributed by atoms with E-state index in [0.29, 0.717) is 11.3 Å². The monoisotopic (exact) mass is 467 g/mol. The van der Waals surface area contributed by atoms with E-state index in [1.54, 1.807) is 11.8 Å². The summed E-state index contributed by atoms with van der Waals surface area (Å²) in [6.45, 7) is 0. The lowest BCUT2D eigenvalue weighted by Gasteiger charge is -2.25. The van der Waals surface area contributed by atoms with E-state index >= 15 is 0 Å². The largest absolute Gasteiger partial charge is 0.378 e. The summed E-state index contributed by atoms with van der Waals surface area (Å²) in [5, 5.41) is 4.87. The Hall–Kier alpha value is -3.77. The average Bonchev–Trinajstić information content (AvgIpc) is 3.25. The molecule has 0 bridgehead atoms. The molecule has 4 aromatic rings. The van der Waals surface area contributed by atoms with Crippen molar-refractivity contribution in [1.82, 2.24) is 0 Å². The second-order valence-electron chi connectivity index (χ2n) is 8.44. The van der Waals surface area contributed by atoms with Gasteiger partial charge in [0.2, 0.25) is 5.91 Å². The zero-order chi connectivity index (χ0) is 23.7. The van der Waals surface area contributed by atoms with E-state index in [1.165, 1.54) is 0 Å². The van der Waals surface area contributed by atoms with Crippen LogP contribution in [-0.2, 0) is 4.79 Å². The van der Waals surface area contributed by atoms with Crippen molar-refractivity contribution in [2.75, 3.05) is 35.0 Å². The normalized spacial score (nSPS) is 15.5. The van der Waals surface area contributed by atoms with E-state index in [-0.39, 0.29) is 17.2 Å². The van der Waals surface area contributed by atoms with Gasteiger partial charge in [-0.3, -0.25) is 14.5 Å². The van der Waals surface area contributed by atoms with E-state index in [2.05, 4.69) is 5.32 Å². The summed E-state index contributed by atoms with van der Waals surface area (Å²) in [6, 6.07) is 29.4. The third kappa shape index (κ3) is 4.24. The van der Waals surface area contributed by atoms with Crippen LogP contribution in [0.3, 0.4) is 0 Å². The molecule has 1 fully saturated rings. The molecule has 1 saturated heterocycles. The molecule has 0 aliphatic carbocycles. The molecule has 0 saturated carbocycles. The lowest BCUT2D eigenvalue weighted by Crippen LogP contribution is -2.27. The van der Waals surface area contributed by atoms with Crippen LogP contribution in [0, 0.1) is 0 Å². The summed E-state index contributed by atoms with van der Waals surface area (Å²) in [7, 11) is 3.99. The predicted octanol–water partition coefficient (Wildman–Crippen LogP) is 5.94. The van der Waals surface area contributed by atoms with Crippen molar-refractivity contribution in [1.29, 1.82) is 0 Å². The fourth-order valence-corrected chi connectivity index (χ4v) is 5.39. The maximum atomic E-state index is 13.0. The summed E-state index contributed by atoms with van der Waals surface area (Å²) in [6.07, 6.45) is 0. The molecule has 4 aromatic carbocycles. The Morgan fingerprint density at radius 2 is 1.62 bits per heavy atom. The van der Waals surface area contributed by atoms with Crippen LogP contribution < -0.4 is 15.1 Å². The second-order valence-corrected chi connectivity index (χ2v) is 9.51. The highest BCUT2D eigenvalue weighted by molar-refractivity contribution is 8.00. The van der Waals surface area contributed by atoms with Crippen LogP contribution in [0.4, 0.5) is 17.1 Å². The number of benzene rings is 4. The molecule has 0 unspecified atom stereocenters. The van der Waals surface area contributed by atoms with Crippen LogP contribution in [0.5, 0.6) is 0 Å². The Labute approximate surface area is 203 Å². The van der Waals surface area contributed by atoms with Gasteiger partial charge in [0, 0.05) is 36.7 Å². The lowest BCUT2D eigenvalue weighted by molar-refractivity contribution is -0.115. The van der Waals surface area contributed by atoms with Gasteiger partial charge in [0.15, 0.2) is 0 Å². The molecule has 1 heterocycles. The third-order valence-electron chi connectivity index (χ3n) is 6.00. The van der Waals surface area contributed by atoms with Gasteiger partial charge in [-0.1, -0.05) is 48.5 Å². The Morgan fingerprint density at radius 1 is 0.912 bits per heavy atom. The minimum Gasteiger partial charge on any atom is -0.378 e. The Bertz CT molecular complexity index is 1350. The van der Waals surface area contributed by atoms with Gasteiger partial charge in [-0.2, -0.15) is 0 Å². The van der Waals surface area contributed by atoms with Gasteiger partial charge < -0.3 is 10.2 Å². The van der Waals surface area contributed by atoms with Crippen molar-refractivity contribution >= 4 is 51.4 Å². The molecule has 170 valence electrons. The first kappa shape index (κ1) is 22.0. The van der Waals surface area contributed by atoms with Crippen molar-refractivity contribution in [2.24, 2.45) is 0 Å². The molecule has 1 N–H and O–H groups in total. The summed E-state index contributed by atoms with van der Waals surface area (Å²) >= 11 is 1.61. The molecule has 34 heavy (non-hydrogen) atoms. The van der Waals surface area contributed by atoms with Crippen LogP contribution >= 0.6 is 11.8 Å². The fraction of sp³-hybridized carbons (Fsp3) is 0.143.